The number of nitrogens with zero attached hydrogens (tertiary/aromatic N) is 3. The van der Waals surface area contributed by atoms with Crippen LogP contribution in [0, 0.1) is 13.8 Å². The molecule has 5 heteroatoms. The first-order valence-corrected chi connectivity index (χ1v) is 6.58. The lowest BCUT2D eigenvalue weighted by molar-refractivity contribution is 1.05. The molecule has 88 valence electrons. The fourth-order valence-corrected chi connectivity index (χ4v) is 2.56. The SMILES string of the molecule is Cc1nc(-c2ccnc(NC3CC3)n2)c(C)s1. The zero-order chi connectivity index (χ0) is 11.8. The number of thiazole rings is 1. The highest BCUT2D eigenvalue weighted by atomic mass is 32.1. The molecule has 1 fully saturated rings. The van der Waals surface area contributed by atoms with Gasteiger partial charge in [-0.05, 0) is 32.8 Å². The quantitative estimate of drug-likeness (QED) is 0.904. The molecule has 1 aliphatic carbocycles. The van der Waals surface area contributed by atoms with Gasteiger partial charge in [0, 0.05) is 17.1 Å². The number of aryl methyl sites for hydroxylation is 2. The number of hydrogen-bond donors (Lipinski definition) is 1. The van der Waals surface area contributed by atoms with Gasteiger partial charge >= 0.3 is 0 Å². The van der Waals surface area contributed by atoms with E-state index < -0.39 is 0 Å². The van der Waals surface area contributed by atoms with E-state index in [0.717, 1.165) is 22.3 Å². The second-order valence-corrected chi connectivity index (χ2v) is 5.73. The molecule has 0 radical (unpaired) electrons. The van der Waals surface area contributed by atoms with Gasteiger partial charge < -0.3 is 5.32 Å². The summed E-state index contributed by atoms with van der Waals surface area (Å²) in [6.45, 7) is 4.10. The summed E-state index contributed by atoms with van der Waals surface area (Å²) in [6.07, 6.45) is 4.24. The Balaban J connectivity index is 1.93. The van der Waals surface area contributed by atoms with E-state index in [4.69, 9.17) is 0 Å². The van der Waals surface area contributed by atoms with Crippen LogP contribution in [0.3, 0.4) is 0 Å². The van der Waals surface area contributed by atoms with Crippen LogP contribution in [0.15, 0.2) is 12.3 Å². The molecular weight excluding hydrogens is 232 g/mol. The van der Waals surface area contributed by atoms with E-state index >= 15 is 0 Å². The van der Waals surface area contributed by atoms with Gasteiger partial charge in [-0.1, -0.05) is 0 Å². The maximum Gasteiger partial charge on any atom is 0.223 e. The molecule has 0 unspecified atom stereocenters. The Morgan fingerprint density at radius 1 is 1.29 bits per heavy atom. The van der Waals surface area contributed by atoms with E-state index in [1.54, 1.807) is 17.5 Å². The van der Waals surface area contributed by atoms with Gasteiger partial charge in [-0.3, -0.25) is 0 Å². The summed E-state index contributed by atoms with van der Waals surface area (Å²) >= 11 is 1.70. The monoisotopic (exact) mass is 246 g/mol. The van der Waals surface area contributed by atoms with E-state index in [2.05, 4.69) is 27.2 Å². The van der Waals surface area contributed by atoms with Crippen LogP contribution in [-0.4, -0.2) is 21.0 Å². The maximum absolute atomic E-state index is 4.52. The van der Waals surface area contributed by atoms with Gasteiger partial charge in [0.1, 0.15) is 5.69 Å². The fourth-order valence-electron chi connectivity index (χ4n) is 1.74. The molecule has 0 spiro atoms. The van der Waals surface area contributed by atoms with Crippen molar-refractivity contribution in [3.63, 3.8) is 0 Å². The number of hydrogen-bond acceptors (Lipinski definition) is 5. The number of anilines is 1. The minimum absolute atomic E-state index is 0.573. The predicted octanol–water partition coefficient (Wildman–Crippen LogP) is 2.79. The van der Waals surface area contributed by atoms with Crippen LogP contribution < -0.4 is 5.32 Å². The van der Waals surface area contributed by atoms with Crippen LogP contribution in [0.2, 0.25) is 0 Å². The molecule has 3 rings (SSSR count). The first kappa shape index (κ1) is 10.7. The first-order chi connectivity index (χ1) is 8.22. The van der Waals surface area contributed by atoms with Gasteiger partial charge in [0.05, 0.1) is 10.7 Å². The van der Waals surface area contributed by atoms with Crippen LogP contribution in [0.1, 0.15) is 22.7 Å². The van der Waals surface area contributed by atoms with E-state index in [0.29, 0.717) is 6.04 Å². The molecule has 17 heavy (non-hydrogen) atoms. The highest BCUT2D eigenvalue weighted by Crippen LogP contribution is 2.27. The third kappa shape index (κ3) is 2.29. The van der Waals surface area contributed by atoms with E-state index in [1.807, 2.05) is 13.0 Å². The average molecular weight is 246 g/mol. The summed E-state index contributed by atoms with van der Waals surface area (Å²) in [5.41, 5.74) is 1.89. The van der Waals surface area contributed by atoms with Crippen molar-refractivity contribution in [2.75, 3.05) is 5.32 Å². The van der Waals surface area contributed by atoms with E-state index in [-0.39, 0.29) is 0 Å². The lowest BCUT2D eigenvalue weighted by atomic mass is 10.3. The van der Waals surface area contributed by atoms with Crippen molar-refractivity contribution in [2.24, 2.45) is 0 Å². The van der Waals surface area contributed by atoms with Gasteiger partial charge in [0.25, 0.3) is 0 Å². The summed E-state index contributed by atoms with van der Waals surface area (Å²) in [5, 5.41) is 4.38. The van der Waals surface area contributed by atoms with Crippen LogP contribution in [0.25, 0.3) is 11.4 Å². The molecule has 4 nitrogen and oxygen atoms in total. The molecular formula is C12H14N4S. The van der Waals surface area contributed by atoms with Crippen LogP contribution in [0.4, 0.5) is 5.95 Å². The van der Waals surface area contributed by atoms with Crippen molar-refractivity contribution < 1.29 is 0 Å². The molecule has 0 bridgehead atoms. The standard InChI is InChI=1S/C12H14N4S/c1-7-11(14-8(2)17-7)10-5-6-13-12(16-10)15-9-3-4-9/h5-6,9H,3-4H2,1-2H3,(H,13,15,16). The Kier molecular flexibility index (Phi) is 2.55. The van der Waals surface area contributed by atoms with Crippen molar-refractivity contribution in [2.45, 2.75) is 32.7 Å². The largest absolute Gasteiger partial charge is 0.351 e. The molecule has 1 saturated carbocycles. The highest BCUT2D eigenvalue weighted by molar-refractivity contribution is 7.11. The van der Waals surface area contributed by atoms with Crippen molar-refractivity contribution in [1.29, 1.82) is 0 Å². The van der Waals surface area contributed by atoms with Crippen molar-refractivity contribution >= 4 is 17.3 Å². The van der Waals surface area contributed by atoms with E-state index in [1.165, 1.54) is 17.7 Å². The Labute approximate surface area is 104 Å². The second-order valence-electron chi connectivity index (χ2n) is 4.32. The highest BCUT2D eigenvalue weighted by Gasteiger charge is 2.22. The molecule has 1 N–H and O–H groups in total. The van der Waals surface area contributed by atoms with Crippen molar-refractivity contribution in [3.8, 4) is 11.4 Å². The third-order valence-electron chi connectivity index (χ3n) is 2.71. The zero-order valence-corrected chi connectivity index (χ0v) is 10.7. The summed E-state index contributed by atoms with van der Waals surface area (Å²) in [5.74, 6) is 0.718. The van der Waals surface area contributed by atoms with Gasteiger partial charge in [0.15, 0.2) is 0 Å². The topological polar surface area (TPSA) is 50.7 Å². The fraction of sp³-hybridized carbons (Fsp3) is 0.417. The number of aromatic nitrogens is 3. The summed E-state index contributed by atoms with van der Waals surface area (Å²) in [7, 11) is 0. The van der Waals surface area contributed by atoms with Crippen LogP contribution >= 0.6 is 11.3 Å². The van der Waals surface area contributed by atoms with E-state index in [9.17, 15) is 0 Å². The van der Waals surface area contributed by atoms with Crippen LogP contribution in [0.5, 0.6) is 0 Å². The Morgan fingerprint density at radius 2 is 2.12 bits per heavy atom. The van der Waals surface area contributed by atoms with Gasteiger partial charge in [-0.15, -0.1) is 11.3 Å². The summed E-state index contributed by atoms with van der Waals surface area (Å²) in [4.78, 5) is 14.5. The summed E-state index contributed by atoms with van der Waals surface area (Å²) < 4.78 is 0. The molecule has 2 heterocycles. The van der Waals surface area contributed by atoms with Gasteiger partial charge in [-0.25, -0.2) is 15.0 Å². The smallest absolute Gasteiger partial charge is 0.223 e. The molecule has 0 atom stereocenters. The van der Waals surface area contributed by atoms with Crippen LogP contribution in [-0.2, 0) is 0 Å². The van der Waals surface area contributed by atoms with Gasteiger partial charge in [0.2, 0.25) is 5.95 Å². The molecule has 0 amide bonds. The normalized spacial score (nSPS) is 14.9. The molecule has 2 aromatic rings. The summed E-state index contributed by atoms with van der Waals surface area (Å²) in [6, 6.07) is 2.49. The molecule has 0 aliphatic heterocycles. The molecule has 2 aromatic heterocycles. The molecule has 0 aromatic carbocycles. The lowest BCUT2D eigenvalue weighted by Crippen LogP contribution is -2.05. The molecule has 0 saturated heterocycles. The zero-order valence-electron chi connectivity index (χ0n) is 9.90. The van der Waals surface area contributed by atoms with Crippen molar-refractivity contribution in [3.05, 3.63) is 22.1 Å². The lowest BCUT2D eigenvalue weighted by Gasteiger charge is -2.03. The number of nitrogens with one attached hydrogen (secondary N) is 1. The minimum Gasteiger partial charge on any atom is -0.351 e. The average Bonchev–Trinajstić information content (AvgIpc) is 3.03. The Hall–Kier alpha value is -1.49. The minimum atomic E-state index is 0.573. The molecule has 1 aliphatic rings. The maximum atomic E-state index is 4.52. The number of rotatable bonds is 3. The Bertz CT molecular complexity index is 545. The first-order valence-electron chi connectivity index (χ1n) is 5.76. The van der Waals surface area contributed by atoms with Crippen molar-refractivity contribution in [1.82, 2.24) is 15.0 Å². The second kappa shape index (κ2) is 4.07. The third-order valence-corrected chi connectivity index (χ3v) is 3.60. The predicted molar refractivity (Wildman–Crippen MR) is 69.3 cm³/mol. The van der Waals surface area contributed by atoms with Gasteiger partial charge in [-0.2, -0.15) is 0 Å². The Morgan fingerprint density at radius 3 is 2.76 bits per heavy atom.